The summed E-state index contributed by atoms with van der Waals surface area (Å²) in [5, 5.41) is 4.79. The van der Waals surface area contributed by atoms with Crippen molar-refractivity contribution in [3.63, 3.8) is 0 Å². The zero-order valence-corrected chi connectivity index (χ0v) is 17.1. The van der Waals surface area contributed by atoms with Crippen LogP contribution in [0.1, 0.15) is 9.67 Å². The Labute approximate surface area is 179 Å². The number of aromatic nitrogens is 1. The molecule has 1 amide bonds. The first-order chi connectivity index (χ1) is 14.1. The van der Waals surface area contributed by atoms with Crippen LogP contribution in [0.2, 0.25) is 10.0 Å². The monoisotopic (exact) mass is 438 g/mol. The van der Waals surface area contributed by atoms with Gasteiger partial charge in [-0.15, -0.1) is 11.3 Å². The minimum absolute atomic E-state index is 0.259. The van der Waals surface area contributed by atoms with Gasteiger partial charge in [-0.2, -0.15) is 0 Å². The Morgan fingerprint density at radius 2 is 1.79 bits per heavy atom. The summed E-state index contributed by atoms with van der Waals surface area (Å²) in [6.07, 6.45) is 0. The highest BCUT2D eigenvalue weighted by Crippen LogP contribution is 2.36. The summed E-state index contributed by atoms with van der Waals surface area (Å²) in [5.41, 5.74) is 2.56. The van der Waals surface area contributed by atoms with Crippen LogP contribution in [-0.2, 0) is 0 Å². The molecule has 0 saturated heterocycles. The molecule has 0 fully saturated rings. The Bertz CT molecular complexity index is 1390. The van der Waals surface area contributed by atoms with E-state index in [4.69, 9.17) is 27.6 Å². The van der Waals surface area contributed by atoms with Crippen molar-refractivity contribution in [2.75, 3.05) is 5.32 Å². The van der Waals surface area contributed by atoms with Crippen LogP contribution in [0.3, 0.4) is 0 Å². The number of amides is 1. The van der Waals surface area contributed by atoms with Gasteiger partial charge in [-0.3, -0.25) is 4.79 Å². The lowest BCUT2D eigenvalue weighted by molar-refractivity contribution is 0.103. The largest absolute Gasteiger partial charge is 0.436 e. The third-order valence-electron chi connectivity index (χ3n) is 4.49. The Morgan fingerprint density at radius 3 is 2.62 bits per heavy atom. The molecule has 0 atom stereocenters. The zero-order chi connectivity index (χ0) is 20.0. The molecule has 0 unspecified atom stereocenters. The van der Waals surface area contributed by atoms with Crippen molar-refractivity contribution in [3.8, 4) is 11.5 Å². The van der Waals surface area contributed by atoms with Crippen molar-refractivity contribution in [2.45, 2.75) is 0 Å². The lowest BCUT2D eigenvalue weighted by Crippen LogP contribution is -2.10. The highest BCUT2D eigenvalue weighted by molar-refractivity contribution is 7.21. The predicted octanol–water partition coefficient (Wildman–Crippen LogP) is 7.27. The third kappa shape index (κ3) is 3.27. The van der Waals surface area contributed by atoms with Crippen LogP contribution in [0.4, 0.5) is 5.69 Å². The summed E-state index contributed by atoms with van der Waals surface area (Å²) in [4.78, 5) is 17.8. The van der Waals surface area contributed by atoms with Crippen LogP contribution < -0.4 is 5.32 Å². The van der Waals surface area contributed by atoms with Gasteiger partial charge in [0, 0.05) is 15.8 Å². The normalized spacial score (nSPS) is 11.2. The van der Waals surface area contributed by atoms with Crippen LogP contribution in [0.25, 0.3) is 32.6 Å². The molecule has 0 saturated carbocycles. The Hall–Kier alpha value is -2.86. The van der Waals surface area contributed by atoms with Gasteiger partial charge in [0.05, 0.1) is 15.6 Å². The molecule has 3 aromatic carbocycles. The highest BCUT2D eigenvalue weighted by Gasteiger charge is 2.18. The van der Waals surface area contributed by atoms with Crippen molar-refractivity contribution < 1.29 is 9.21 Å². The number of nitrogens with one attached hydrogen (secondary N) is 1. The SMILES string of the molecule is O=C(Nc1ccc2oc(-c3ccccc3Cl)nc2c1)c1sc2ccccc2c1Cl. The fraction of sp³-hybridized carbons (Fsp3) is 0. The van der Waals surface area contributed by atoms with E-state index in [9.17, 15) is 4.79 Å². The summed E-state index contributed by atoms with van der Waals surface area (Å²) in [7, 11) is 0. The minimum atomic E-state index is -0.259. The van der Waals surface area contributed by atoms with Crippen LogP contribution in [-0.4, -0.2) is 10.9 Å². The number of anilines is 1. The number of benzene rings is 3. The fourth-order valence-corrected chi connectivity index (χ4v) is 4.73. The molecule has 1 N–H and O–H groups in total. The second-order valence-electron chi connectivity index (χ2n) is 6.38. The van der Waals surface area contributed by atoms with Crippen molar-refractivity contribution in [3.05, 3.63) is 81.7 Å². The van der Waals surface area contributed by atoms with E-state index >= 15 is 0 Å². The number of carbonyl (C=O) groups excluding carboxylic acids is 1. The van der Waals surface area contributed by atoms with Crippen molar-refractivity contribution in [1.82, 2.24) is 4.98 Å². The maximum Gasteiger partial charge on any atom is 0.267 e. The second-order valence-corrected chi connectivity index (χ2v) is 8.21. The van der Waals surface area contributed by atoms with Gasteiger partial charge in [0.2, 0.25) is 5.89 Å². The first-order valence-corrected chi connectivity index (χ1v) is 10.3. The molecule has 0 spiro atoms. The maximum absolute atomic E-state index is 12.8. The molecule has 4 nitrogen and oxygen atoms in total. The van der Waals surface area contributed by atoms with E-state index in [-0.39, 0.29) is 5.91 Å². The van der Waals surface area contributed by atoms with Crippen molar-refractivity contribution in [1.29, 1.82) is 0 Å². The Kier molecular flexibility index (Phi) is 4.51. The van der Waals surface area contributed by atoms with Crippen LogP contribution in [0.15, 0.2) is 71.1 Å². The molecular formula is C22H12Cl2N2O2S. The quantitative estimate of drug-likeness (QED) is 0.322. The standard InChI is InChI=1S/C22H12Cl2N2O2S/c23-15-7-3-1-5-13(15)22-26-16-11-12(9-10-17(16)28-22)25-21(27)20-19(24)14-6-2-4-8-18(14)29-20/h1-11H,(H,25,27). The average molecular weight is 439 g/mol. The van der Waals surface area contributed by atoms with Crippen LogP contribution in [0.5, 0.6) is 0 Å². The van der Waals surface area contributed by atoms with Gasteiger partial charge in [0.15, 0.2) is 5.58 Å². The molecule has 0 bridgehead atoms. The fourth-order valence-electron chi connectivity index (χ4n) is 3.10. The smallest absolute Gasteiger partial charge is 0.267 e. The molecular weight excluding hydrogens is 427 g/mol. The van der Waals surface area contributed by atoms with Gasteiger partial charge in [0.1, 0.15) is 10.4 Å². The van der Waals surface area contributed by atoms with Gasteiger partial charge >= 0.3 is 0 Å². The summed E-state index contributed by atoms with van der Waals surface area (Å²) in [6.45, 7) is 0. The van der Waals surface area contributed by atoms with Gasteiger partial charge < -0.3 is 9.73 Å². The van der Waals surface area contributed by atoms with Gasteiger partial charge in [0.25, 0.3) is 5.91 Å². The summed E-state index contributed by atoms with van der Waals surface area (Å²) < 4.78 is 6.78. The topological polar surface area (TPSA) is 55.1 Å². The number of hydrogen-bond acceptors (Lipinski definition) is 4. The molecule has 142 valence electrons. The van der Waals surface area contributed by atoms with Gasteiger partial charge in [-0.05, 0) is 36.4 Å². The van der Waals surface area contributed by atoms with Crippen LogP contribution >= 0.6 is 34.5 Å². The van der Waals surface area contributed by atoms with E-state index in [0.717, 1.165) is 10.1 Å². The molecule has 7 heteroatoms. The lowest BCUT2D eigenvalue weighted by atomic mass is 10.2. The summed E-state index contributed by atoms with van der Waals surface area (Å²) in [5.74, 6) is 0.173. The van der Waals surface area contributed by atoms with Crippen molar-refractivity contribution >= 4 is 67.3 Å². The van der Waals surface area contributed by atoms with Gasteiger partial charge in [-0.1, -0.05) is 53.5 Å². The first kappa shape index (κ1) is 18.2. The van der Waals surface area contributed by atoms with Crippen molar-refractivity contribution in [2.24, 2.45) is 0 Å². The number of fused-ring (bicyclic) bond motifs is 2. The van der Waals surface area contributed by atoms with Crippen LogP contribution in [0, 0.1) is 0 Å². The highest BCUT2D eigenvalue weighted by atomic mass is 35.5. The first-order valence-electron chi connectivity index (χ1n) is 8.74. The number of nitrogens with zero attached hydrogens (tertiary/aromatic N) is 1. The van der Waals surface area contributed by atoms with Gasteiger partial charge in [-0.25, -0.2) is 4.98 Å². The predicted molar refractivity (Wildman–Crippen MR) is 119 cm³/mol. The minimum Gasteiger partial charge on any atom is -0.436 e. The third-order valence-corrected chi connectivity index (χ3v) is 6.49. The molecule has 0 aliphatic rings. The van der Waals surface area contributed by atoms with E-state index in [1.807, 2.05) is 42.5 Å². The van der Waals surface area contributed by atoms with E-state index in [0.29, 0.717) is 43.2 Å². The second kappa shape index (κ2) is 7.19. The number of rotatable bonds is 3. The zero-order valence-electron chi connectivity index (χ0n) is 14.8. The molecule has 0 aliphatic heterocycles. The number of thiophene rings is 1. The molecule has 2 aromatic heterocycles. The maximum atomic E-state index is 12.8. The number of halogens is 2. The van der Waals surface area contributed by atoms with E-state index in [2.05, 4.69) is 10.3 Å². The number of oxazole rings is 1. The average Bonchev–Trinajstić information content (AvgIpc) is 3.29. The van der Waals surface area contributed by atoms with E-state index in [1.165, 1.54) is 11.3 Å². The molecule has 0 aliphatic carbocycles. The summed E-state index contributed by atoms with van der Waals surface area (Å²) in [6, 6.07) is 20.3. The molecule has 29 heavy (non-hydrogen) atoms. The summed E-state index contributed by atoms with van der Waals surface area (Å²) >= 11 is 14.0. The van der Waals surface area contributed by atoms with E-state index < -0.39 is 0 Å². The molecule has 5 rings (SSSR count). The molecule has 0 radical (unpaired) electrons. The number of carbonyl (C=O) groups is 1. The molecule has 2 heterocycles. The lowest BCUT2D eigenvalue weighted by Gasteiger charge is -2.03. The Balaban J connectivity index is 1.46. The number of hydrogen-bond donors (Lipinski definition) is 1. The molecule has 5 aromatic rings. The Morgan fingerprint density at radius 1 is 1.00 bits per heavy atom. The van der Waals surface area contributed by atoms with E-state index in [1.54, 1.807) is 24.3 Å².